The van der Waals surface area contributed by atoms with Gasteiger partial charge < -0.3 is 47.1 Å². The molecule has 0 aliphatic heterocycles. The van der Waals surface area contributed by atoms with E-state index in [0.29, 0.717) is 119 Å². The molecule has 2 rings (SSSR count). The Hall–Kier alpha value is -2.23. The van der Waals surface area contributed by atoms with Gasteiger partial charge in [0.2, 0.25) is 0 Å². The van der Waals surface area contributed by atoms with Gasteiger partial charge in [-0.15, -0.1) is 0 Å². The van der Waals surface area contributed by atoms with E-state index < -0.39 is 8.32 Å². The maximum atomic E-state index is 11.8. The molecule has 0 aromatic heterocycles. The largest absolute Gasteiger partial charge is 0.463 e. The van der Waals surface area contributed by atoms with Gasteiger partial charge in [0.15, 0.2) is 0 Å². The zero-order chi connectivity index (χ0) is 40.3. The van der Waals surface area contributed by atoms with Crippen molar-refractivity contribution in [2.24, 2.45) is 0 Å². The molecule has 0 saturated heterocycles. The molecule has 2 aromatic rings. The van der Waals surface area contributed by atoms with Gasteiger partial charge in [0.05, 0.1) is 112 Å². The quantitative estimate of drug-likeness (QED) is 0.0429. The number of ether oxygens (including phenoxy) is 9. The zero-order valence-corrected chi connectivity index (χ0v) is 36.1. The lowest BCUT2D eigenvalue weighted by Gasteiger charge is -2.43. The standard InChI is InChI=1S/C44H74O11Si/c1-5-6-7-8-9-10-17-22-43(45)54-39-37-52-35-33-50-31-29-48-27-25-46-23-24-47-26-28-49-30-32-51-34-36-53-38-40-55-56(44(2,3)4,41-18-13-11-14-19-41)42-20-15-12-16-21-42/h11-16,18-21H,5-10,17,22-40H2,1-4H3. The van der Waals surface area contributed by atoms with E-state index >= 15 is 0 Å². The van der Waals surface area contributed by atoms with Gasteiger partial charge in [0.1, 0.15) is 6.61 Å². The summed E-state index contributed by atoms with van der Waals surface area (Å²) in [5, 5.41) is 2.47. The first-order valence-electron chi connectivity index (χ1n) is 20.9. The summed E-state index contributed by atoms with van der Waals surface area (Å²) in [6, 6.07) is 21.3. The van der Waals surface area contributed by atoms with E-state index in [1.54, 1.807) is 0 Å². The van der Waals surface area contributed by atoms with E-state index in [-0.39, 0.29) is 17.6 Å². The normalized spacial score (nSPS) is 12.0. The third-order valence-electron chi connectivity index (χ3n) is 9.04. The molecule has 320 valence electrons. The second kappa shape index (κ2) is 33.7. The van der Waals surface area contributed by atoms with Gasteiger partial charge in [-0.3, -0.25) is 4.79 Å². The van der Waals surface area contributed by atoms with Crippen LogP contribution in [0, 0.1) is 0 Å². The first-order chi connectivity index (χ1) is 27.4. The molecule has 0 heterocycles. The van der Waals surface area contributed by atoms with Crippen molar-refractivity contribution in [3.63, 3.8) is 0 Å². The molecule has 0 fully saturated rings. The fourth-order valence-corrected chi connectivity index (χ4v) is 10.7. The minimum atomic E-state index is -2.54. The van der Waals surface area contributed by atoms with Crippen LogP contribution in [-0.4, -0.2) is 133 Å². The lowest BCUT2D eigenvalue weighted by molar-refractivity contribution is -0.145. The summed E-state index contributed by atoms with van der Waals surface area (Å²) in [4.78, 5) is 11.8. The fourth-order valence-electron chi connectivity index (χ4n) is 6.17. The van der Waals surface area contributed by atoms with Crippen molar-refractivity contribution in [2.45, 2.75) is 84.1 Å². The molecule has 0 aliphatic carbocycles. The summed E-state index contributed by atoms with van der Waals surface area (Å²) in [6.45, 7) is 17.6. The average Bonchev–Trinajstić information content (AvgIpc) is 3.20. The van der Waals surface area contributed by atoms with Gasteiger partial charge in [0, 0.05) is 6.42 Å². The van der Waals surface area contributed by atoms with E-state index in [1.165, 1.54) is 42.5 Å². The van der Waals surface area contributed by atoms with Gasteiger partial charge in [-0.1, -0.05) is 127 Å². The molecule has 12 heteroatoms. The molecule has 0 amide bonds. The Balaban J connectivity index is 1.30. The van der Waals surface area contributed by atoms with E-state index in [4.69, 9.17) is 47.1 Å². The number of carbonyl (C=O) groups excluding carboxylic acids is 1. The molecule has 0 unspecified atom stereocenters. The highest BCUT2D eigenvalue weighted by molar-refractivity contribution is 6.99. The third kappa shape index (κ3) is 23.2. The molecule has 0 N–H and O–H groups in total. The smallest absolute Gasteiger partial charge is 0.305 e. The van der Waals surface area contributed by atoms with Crippen molar-refractivity contribution >= 4 is 24.7 Å². The molecule has 0 aliphatic rings. The number of benzene rings is 2. The number of hydrogen-bond acceptors (Lipinski definition) is 11. The lowest BCUT2D eigenvalue weighted by Crippen LogP contribution is -2.66. The SMILES string of the molecule is CCCCCCCCCC(=O)OCCOCCOCCOCCOCCOCCOCCOCCOCCO[Si](c1ccccc1)(c1ccccc1)C(C)(C)C. The van der Waals surface area contributed by atoms with Crippen LogP contribution in [0.5, 0.6) is 0 Å². The molecule has 11 nitrogen and oxygen atoms in total. The molecule has 0 atom stereocenters. The first kappa shape index (κ1) is 49.9. The monoisotopic (exact) mass is 807 g/mol. The van der Waals surface area contributed by atoms with Crippen LogP contribution >= 0.6 is 0 Å². The van der Waals surface area contributed by atoms with E-state index in [0.717, 1.165) is 12.8 Å². The Morgan fingerprint density at radius 2 is 0.768 bits per heavy atom. The molecular weight excluding hydrogens is 733 g/mol. The topological polar surface area (TPSA) is 109 Å². The molecule has 0 radical (unpaired) electrons. The van der Waals surface area contributed by atoms with Crippen molar-refractivity contribution in [3.8, 4) is 0 Å². The Morgan fingerprint density at radius 1 is 0.446 bits per heavy atom. The van der Waals surface area contributed by atoms with E-state index in [2.05, 4.69) is 88.4 Å². The Bertz CT molecular complexity index is 1130. The third-order valence-corrected chi connectivity index (χ3v) is 14.1. The van der Waals surface area contributed by atoms with Crippen molar-refractivity contribution in [1.29, 1.82) is 0 Å². The van der Waals surface area contributed by atoms with E-state index in [1.807, 2.05) is 0 Å². The number of rotatable bonds is 38. The molecule has 0 bridgehead atoms. The Morgan fingerprint density at radius 3 is 1.12 bits per heavy atom. The number of unbranched alkanes of at least 4 members (excludes halogenated alkanes) is 6. The molecule has 0 spiro atoms. The van der Waals surface area contributed by atoms with Crippen molar-refractivity contribution in [3.05, 3.63) is 60.7 Å². The van der Waals surface area contributed by atoms with Gasteiger partial charge in [0.25, 0.3) is 8.32 Å². The van der Waals surface area contributed by atoms with E-state index in [9.17, 15) is 4.79 Å². The van der Waals surface area contributed by atoms with Gasteiger partial charge in [-0.2, -0.15) is 0 Å². The Kier molecular flexibility index (Phi) is 30.0. The maximum Gasteiger partial charge on any atom is 0.305 e. The van der Waals surface area contributed by atoms with Crippen molar-refractivity contribution in [1.82, 2.24) is 0 Å². The lowest BCUT2D eigenvalue weighted by atomic mass is 10.1. The minimum absolute atomic E-state index is 0.0584. The van der Waals surface area contributed by atoms with Crippen LogP contribution in [0.2, 0.25) is 5.04 Å². The number of hydrogen-bond donors (Lipinski definition) is 0. The minimum Gasteiger partial charge on any atom is -0.463 e. The second-order valence-electron chi connectivity index (χ2n) is 14.5. The van der Waals surface area contributed by atoms with Crippen LogP contribution in [0.4, 0.5) is 0 Å². The molecule has 2 aromatic carbocycles. The first-order valence-corrected chi connectivity index (χ1v) is 22.8. The van der Waals surface area contributed by atoms with Gasteiger partial charge in [-0.05, 0) is 21.8 Å². The van der Waals surface area contributed by atoms with Crippen LogP contribution in [0.1, 0.15) is 79.1 Å². The van der Waals surface area contributed by atoms with Crippen LogP contribution in [0.15, 0.2) is 60.7 Å². The number of carbonyl (C=O) groups is 1. The number of esters is 1. The summed E-state index contributed by atoms with van der Waals surface area (Å²) < 4.78 is 56.7. The summed E-state index contributed by atoms with van der Waals surface area (Å²) >= 11 is 0. The summed E-state index contributed by atoms with van der Waals surface area (Å²) in [5.74, 6) is -0.140. The Labute approximate surface area is 339 Å². The average molecular weight is 807 g/mol. The van der Waals surface area contributed by atoms with Crippen molar-refractivity contribution < 1.29 is 51.9 Å². The van der Waals surface area contributed by atoms with Gasteiger partial charge in [-0.25, -0.2) is 0 Å². The molecule has 56 heavy (non-hydrogen) atoms. The van der Waals surface area contributed by atoms with Gasteiger partial charge >= 0.3 is 5.97 Å². The zero-order valence-electron chi connectivity index (χ0n) is 35.1. The summed E-state index contributed by atoms with van der Waals surface area (Å²) in [5.41, 5.74) is 0. The second-order valence-corrected chi connectivity index (χ2v) is 18.8. The molecule has 0 saturated carbocycles. The summed E-state index contributed by atoms with van der Waals surface area (Å²) in [7, 11) is -2.54. The maximum absolute atomic E-state index is 11.8. The molecular formula is C44H74O11Si. The van der Waals surface area contributed by atoms with Crippen LogP contribution < -0.4 is 10.4 Å². The highest BCUT2D eigenvalue weighted by Gasteiger charge is 2.50. The van der Waals surface area contributed by atoms with Crippen LogP contribution in [0.3, 0.4) is 0 Å². The highest BCUT2D eigenvalue weighted by Crippen LogP contribution is 2.36. The predicted molar refractivity (Wildman–Crippen MR) is 224 cm³/mol. The summed E-state index contributed by atoms with van der Waals surface area (Å²) in [6.07, 6.45) is 8.79. The highest BCUT2D eigenvalue weighted by atomic mass is 28.4. The van der Waals surface area contributed by atoms with Crippen LogP contribution in [-0.2, 0) is 51.9 Å². The fraction of sp³-hybridized carbons (Fsp3) is 0.705. The predicted octanol–water partition coefficient (Wildman–Crippen LogP) is 6.38. The van der Waals surface area contributed by atoms with Crippen LogP contribution in [0.25, 0.3) is 0 Å². The van der Waals surface area contributed by atoms with Crippen molar-refractivity contribution in [2.75, 3.05) is 119 Å².